The van der Waals surface area contributed by atoms with Gasteiger partial charge in [-0.15, -0.1) is 0 Å². The fourth-order valence-corrected chi connectivity index (χ4v) is 6.77. The summed E-state index contributed by atoms with van der Waals surface area (Å²) in [5.74, 6) is 0.418. The van der Waals surface area contributed by atoms with Gasteiger partial charge in [-0.3, -0.25) is 4.90 Å². The number of para-hydroxylation sites is 2. The molecule has 0 bridgehead atoms. The van der Waals surface area contributed by atoms with Crippen LogP contribution in [0.15, 0.2) is 150 Å². The summed E-state index contributed by atoms with van der Waals surface area (Å²) in [7, 11) is 0. The zero-order chi connectivity index (χ0) is 34.5. The molecule has 10 rings (SSSR count). The highest BCUT2D eigenvalue weighted by Crippen LogP contribution is 2.52. The molecule has 0 unspecified atom stereocenters. The van der Waals surface area contributed by atoms with Crippen LogP contribution in [0, 0.1) is 0 Å². The summed E-state index contributed by atoms with van der Waals surface area (Å²) in [5.41, 5.74) is 5.53. The summed E-state index contributed by atoms with van der Waals surface area (Å²) in [4.78, 5) is 16.9. The Hall–Kier alpha value is -6.33. The maximum Gasteiger partial charge on any atom is 0.238 e. The molecule has 7 aromatic carbocycles. The minimum absolute atomic E-state index is 0.0477. The predicted molar refractivity (Wildman–Crippen MR) is 187 cm³/mol. The largest absolute Gasteiger partial charge is 0.455 e. The molecular weight excluding hydrogens is 564 g/mol. The first-order valence-electron chi connectivity index (χ1n) is 17.5. The van der Waals surface area contributed by atoms with Crippen LogP contribution >= 0.6 is 0 Å². The Morgan fingerprint density at radius 1 is 0.543 bits per heavy atom. The minimum atomic E-state index is -0.490. The molecule has 0 fully saturated rings. The SMILES string of the molecule is [2H]c1c([2H])c([2H])c(-c2nc(-c3cccc4c3oc3ccccc34)nc(N3c4ccc5ccccc5c4-c4cccc5cccc3c45)n2)c([2H])c1[2H]. The van der Waals surface area contributed by atoms with E-state index in [1.807, 2.05) is 71.6 Å². The normalized spacial score (nSPS) is 13.8. The van der Waals surface area contributed by atoms with Crippen molar-refractivity contribution in [3.05, 3.63) is 145 Å². The number of anilines is 3. The lowest BCUT2D eigenvalue weighted by Gasteiger charge is -2.32. The fourth-order valence-electron chi connectivity index (χ4n) is 6.77. The number of nitrogens with zero attached hydrogens (tertiary/aromatic N) is 4. The van der Waals surface area contributed by atoms with Gasteiger partial charge in [-0.05, 0) is 46.0 Å². The molecule has 0 saturated heterocycles. The first kappa shape index (κ1) is 20.6. The van der Waals surface area contributed by atoms with E-state index in [4.69, 9.17) is 26.2 Å². The van der Waals surface area contributed by atoms with Gasteiger partial charge in [-0.2, -0.15) is 9.97 Å². The van der Waals surface area contributed by atoms with Crippen molar-refractivity contribution in [1.29, 1.82) is 0 Å². The molecule has 0 atom stereocenters. The van der Waals surface area contributed by atoms with Crippen LogP contribution in [0.4, 0.5) is 17.3 Å². The molecule has 5 nitrogen and oxygen atoms in total. The number of hydrogen-bond donors (Lipinski definition) is 0. The van der Waals surface area contributed by atoms with E-state index in [0.29, 0.717) is 16.7 Å². The molecule has 5 heteroatoms. The lowest BCUT2D eigenvalue weighted by molar-refractivity contribution is 0.669. The van der Waals surface area contributed by atoms with E-state index in [0.717, 1.165) is 54.8 Å². The van der Waals surface area contributed by atoms with E-state index in [9.17, 15) is 0 Å². The van der Waals surface area contributed by atoms with Gasteiger partial charge in [-0.25, -0.2) is 4.98 Å². The van der Waals surface area contributed by atoms with E-state index in [1.54, 1.807) is 0 Å². The molecule has 0 N–H and O–H groups in total. The Morgan fingerprint density at radius 3 is 2.17 bits per heavy atom. The Balaban J connectivity index is 1.33. The maximum atomic E-state index is 8.86. The molecule has 0 radical (unpaired) electrons. The third kappa shape index (κ3) is 3.60. The predicted octanol–water partition coefficient (Wildman–Crippen LogP) is 10.9. The van der Waals surface area contributed by atoms with Crippen molar-refractivity contribution < 1.29 is 11.3 Å². The average Bonchev–Trinajstić information content (AvgIpc) is 3.55. The molecule has 0 saturated carbocycles. The molecule has 46 heavy (non-hydrogen) atoms. The van der Waals surface area contributed by atoms with Gasteiger partial charge in [0.1, 0.15) is 11.2 Å². The van der Waals surface area contributed by atoms with Crippen molar-refractivity contribution in [3.63, 3.8) is 0 Å². The molecule has 1 aliphatic heterocycles. The Morgan fingerprint density at radius 2 is 1.26 bits per heavy atom. The van der Waals surface area contributed by atoms with Crippen LogP contribution in [-0.2, 0) is 0 Å². The maximum absolute atomic E-state index is 8.86. The molecular formula is C41H24N4O. The van der Waals surface area contributed by atoms with Crippen LogP contribution in [0.3, 0.4) is 0 Å². The molecule has 0 spiro atoms. The Kier molecular flexibility index (Phi) is 4.29. The number of benzene rings is 7. The summed E-state index contributed by atoms with van der Waals surface area (Å²) in [6.07, 6.45) is 0. The minimum Gasteiger partial charge on any atom is -0.455 e. The molecule has 9 aromatic rings. The zero-order valence-electron chi connectivity index (χ0n) is 29.2. The molecule has 0 aliphatic carbocycles. The summed E-state index contributed by atoms with van der Waals surface area (Å²) < 4.78 is 49.2. The molecule has 214 valence electrons. The Bertz CT molecular complexity index is 2930. The molecule has 3 heterocycles. The third-order valence-electron chi connectivity index (χ3n) is 8.73. The van der Waals surface area contributed by atoms with Gasteiger partial charge in [0.25, 0.3) is 0 Å². The highest BCUT2D eigenvalue weighted by Gasteiger charge is 2.30. The first-order valence-corrected chi connectivity index (χ1v) is 15.0. The smallest absolute Gasteiger partial charge is 0.238 e. The quantitative estimate of drug-likeness (QED) is 0.204. The van der Waals surface area contributed by atoms with Crippen LogP contribution in [0.5, 0.6) is 0 Å². The van der Waals surface area contributed by atoms with Crippen molar-refractivity contribution in [2.45, 2.75) is 0 Å². The van der Waals surface area contributed by atoms with Crippen molar-refractivity contribution >= 4 is 60.8 Å². The Labute approximate surface area is 271 Å². The lowest BCUT2D eigenvalue weighted by Crippen LogP contribution is -2.19. The standard InChI is InChI=1S/C41H24N4O/c1-2-12-27(13-3-1)39-42-40(32-20-10-18-30-29-17-6-7-22-35(29)46-38(30)32)44-41(43-39)45-33-21-9-15-26-14-8-19-31(36(26)33)37-28-16-5-4-11-25(28)23-24-34(37)45/h1-24H/i1D,2D,3D,12D,13D. The summed E-state index contributed by atoms with van der Waals surface area (Å²) >= 11 is 0. The van der Waals surface area contributed by atoms with Gasteiger partial charge in [0.05, 0.1) is 23.8 Å². The van der Waals surface area contributed by atoms with Crippen molar-refractivity contribution in [1.82, 2.24) is 15.0 Å². The van der Waals surface area contributed by atoms with Crippen LogP contribution in [0.25, 0.3) is 77.4 Å². The van der Waals surface area contributed by atoms with E-state index >= 15 is 0 Å². The number of fused-ring (bicyclic) bond motifs is 7. The van der Waals surface area contributed by atoms with Crippen LogP contribution in [-0.4, -0.2) is 15.0 Å². The number of aromatic nitrogens is 3. The van der Waals surface area contributed by atoms with E-state index in [1.165, 1.54) is 0 Å². The molecule has 1 aliphatic rings. The van der Waals surface area contributed by atoms with E-state index < -0.39 is 30.2 Å². The number of furan rings is 1. The third-order valence-corrected chi connectivity index (χ3v) is 8.73. The van der Waals surface area contributed by atoms with Crippen LogP contribution < -0.4 is 4.90 Å². The molecule has 0 amide bonds. The summed E-state index contributed by atoms with van der Waals surface area (Å²) in [6, 6.07) is 36.0. The fraction of sp³-hybridized carbons (Fsp3) is 0. The second-order valence-corrected chi connectivity index (χ2v) is 11.3. The highest BCUT2D eigenvalue weighted by molar-refractivity contribution is 6.19. The zero-order valence-corrected chi connectivity index (χ0v) is 24.2. The topological polar surface area (TPSA) is 55.1 Å². The van der Waals surface area contributed by atoms with Gasteiger partial charge < -0.3 is 4.42 Å². The first-order chi connectivity index (χ1) is 24.9. The van der Waals surface area contributed by atoms with Crippen LogP contribution in [0.2, 0.25) is 0 Å². The van der Waals surface area contributed by atoms with Crippen LogP contribution in [0.1, 0.15) is 6.85 Å². The van der Waals surface area contributed by atoms with Gasteiger partial charge in [0.15, 0.2) is 11.6 Å². The van der Waals surface area contributed by atoms with Crippen molar-refractivity contribution in [3.8, 4) is 33.9 Å². The monoisotopic (exact) mass is 593 g/mol. The second kappa shape index (κ2) is 9.58. The van der Waals surface area contributed by atoms with E-state index in [2.05, 4.69) is 48.5 Å². The van der Waals surface area contributed by atoms with Crippen molar-refractivity contribution in [2.24, 2.45) is 0 Å². The van der Waals surface area contributed by atoms with E-state index in [-0.39, 0.29) is 23.2 Å². The van der Waals surface area contributed by atoms with Gasteiger partial charge >= 0.3 is 0 Å². The second-order valence-electron chi connectivity index (χ2n) is 11.3. The van der Waals surface area contributed by atoms with Crippen molar-refractivity contribution in [2.75, 3.05) is 4.90 Å². The highest BCUT2D eigenvalue weighted by atomic mass is 16.3. The average molecular weight is 594 g/mol. The van der Waals surface area contributed by atoms with Gasteiger partial charge in [0.2, 0.25) is 5.95 Å². The number of hydrogen-bond acceptors (Lipinski definition) is 5. The molecule has 2 aromatic heterocycles. The van der Waals surface area contributed by atoms with Gasteiger partial charge in [0, 0.05) is 27.3 Å². The summed E-state index contributed by atoms with van der Waals surface area (Å²) in [6.45, 7) is 0. The summed E-state index contributed by atoms with van der Waals surface area (Å²) in [5, 5.41) is 6.03. The number of rotatable bonds is 3. The lowest BCUT2D eigenvalue weighted by atomic mass is 9.88. The van der Waals surface area contributed by atoms with Gasteiger partial charge in [-0.1, -0.05) is 121 Å².